The van der Waals surface area contributed by atoms with Crippen LogP contribution >= 0.6 is 0 Å². The zero-order valence-corrected chi connectivity index (χ0v) is 50.7. The van der Waals surface area contributed by atoms with E-state index in [9.17, 15) is 14.4 Å². The monoisotopic (exact) mass is 1070 g/mol. The van der Waals surface area contributed by atoms with Crippen molar-refractivity contribution < 1.29 is 28.6 Å². The third-order valence-electron chi connectivity index (χ3n) is 14.1. The molecule has 0 spiro atoms. The average Bonchev–Trinajstić information content (AvgIpc) is 3.43. The number of hydrogen-bond acceptors (Lipinski definition) is 6. The first-order valence-electron chi connectivity index (χ1n) is 32.7. The summed E-state index contributed by atoms with van der Waals surface area (Å²) in [6.07, 6.45) is 87.3. The van der Waals surface area contributed by atoms with Gasteiger partial charge in [-0.15, -0.1) is 0 Å². The number of rotatable bonds is 59. The largest absolute Gasteiger partial charge is 0.462 e. The van der Waals surface area contributed by atoms with Crippen molar-refractivity contribution in [2.45, 2.75) is 322 Å². The van der Waals surface area contributed by atoms with Crippen LogP contribution in [-0.2, 0) is 28.6 Å². The lowest BCUT2D eigenvalue weighted by atomic mass is 10.0. The van der Waals surface area contributed by atoms with Gasteiger partial charge in [-0.25, -0.2) is 0 Å². The Labute approximate surface area is 477 Å². The van der Waals surface area contributed by atoms with Crippen LogP contribution in [0.4, 0.5) is 0 Å². The van der Waals surface area contributed by atoms with E-state index in [0.717, 1.165) is 96.3 Å². The lowest BCUT2D eigenvalue weighted by molar-refractivity contribution is -0.166. The van der Waals surface area contributed by atoms with Crippen LogP contribution < -0.4 is 0 Å². The Morgan fingerprint density at radius 1 is 0.286 bits per heavy atom. The maximum Gasteiger partial charge on any atom is 0.309 e. The van der Waals surface area contributed by atoms with Gasteiger partial charge in [0.15, 0.2) is 6.10 Å². The van der Waals surface area contributed by atoms with Crippen LogP contribution in [-0.4, -0.2) is 37.2 Å². The first-order chi connectivity index (χ1) is 38.0. The molecule has 1 atom stereocenters. The Morgan fingerprint density at radius 3 is 0.909 bits per heavy atom. The summed E-state index contributed by atoms with van der Waals surface area (Å²) in [6, 6.07) is 0. The van der Waals surface area contributed by atoms with Gasteiger partial charge in [-0.1, -0.05) is 311 Å². The van der Waals surface area contributed by atoms with Crippen LogP contribution in [0.15, 0.2) is 97.2 Å². The summed E-state index contributed by atoms with van der Waals surface area (Å²) >= 11 is 0. The van der Waals surface area contributed by atoms with Crippen molar-refractivity contribution in [3.05, 3.63) is 97.2 Å². The molecular weight excluding hydrogens is 949 g/mol. The van der Waals surface area contributed by atoms with Crippen LogP contribution in [0.5, 0.6) is 0 Å². The van der Waals surface area contributed by atoms with Gasteiger partial charge in [0.1, 0.15) is 13.2 Å². The maximum absolute atomic E-state index is 12.9. The second-order valence-electron chi connectivity index (χ2n) is 21.7. The summed E-state index contributed by atoms with van der Waals surface area (Å²) in [5.41, 5.74) is 0. The lowest BCUT2D eigenvalue weighted by Gasteiger charge is -2.18. The van der Waals surface area contributed by atoms with Gasteiger partial charge in [0.2, 0.25) is 0 Å². The quantitative estimate of drug-likeness (QED) is 0.0261. The van der Waals surface area contributed by atoms with E-state index in [1.54, 1.807) is 6.08 Å². The molecule has 1 unspecified atom stereocenters. The molecule has 0 aromatic carbocycles. The Kier molecular flexibility index (Phi) is 61.8. The molecule has 0 radical (unpaired) electrons. The number of ether oxygens (including phenoxy) is 3. The van der Waals surface area contributed by atoms with Gasteiger partial charge < -0.3 is 14.2 Å². The van der Waals surface area contributed by atoms with Gasteiger partial charge in [-0.3, -0.25) is 14.4 Å². The minimum atomic E-state index is -0.826. The topological polar surface area (TPSA) is 78.9 Å². The van der Waals surface area contributed by atoms with E-state index in [0.29, 0.717) is 12.8 Å². The molecule has 0 N–H and O–H groups in total. The summed E-state index contributed by atoms with van der Waals surface area (Å²) in [7, 11) is 0. The molecule has 6 heteroatoms. The van der Waals surface area contributed by atoms with Crippen molar-refractivity contribution in [1.29, 1.82) is 0 Å². The van der Waals surface area contributed by atoms with E-state index >= 15 is 0 Å². The molecule has 0 aromatic heterocycles. The zero-order valence-electron chi connectivity index (χ0n) is 50.7. The van der Waals surface area contributed by atoms with Crippen LogP contribution in [0.2, 0.25) is 0 Å². The third-order valence-corrected chi connectivity index (χ3v) is 14.1. The predicted octanol–water partition coefficient (Wildman–Crippen LogP) is 22.4. The van der Waals surface area contributed by atoms with Gasteiger partial charge in [0.05, 0.1) is 6.42 Å². The van der Waals surface area contributed by atoms with Crippen molar-refractivity contribution in [1.82, 2.24) is 0 Å². The molecule has 0 fully saturated rings. The molecule has 0 saturated carbocycles. The highest BCUT2D eigenvalue weighted by Crippen LogP contribution is 2.17. The van der Waals surface area contributed by atoms with Crippen molar-refractivity contribution in [3.63, 3.8) is 0 Å². The maximum atomic E-state index is 12.9. The first-order valence-corrected chi connectivity index (χ1v) is 32.7. The highest BCUT2D eigenvalue weighted by molar-refractivity contribution is 5.72. The van der Waals surface area contributed by atoms with Crippen LogP contribution in [0.3, 0.4) is 0 Å². The molecule has 0 bridgehead atoms. The molecule has 77 heavy (non-hydrogen) atoms. The SMILES string of the molecule is CC/C=C\C/C=C\C/C=C\C/C=C\C/C=C\CC(=O)OCC(COC(=O)CCCCCCCCCCCCCCCCCCCCCCCCC)OC(=O)CCCCCCCC/C=C\C/C=C\C/C=C\CCCCCCC. The minimum absolute atomic E-state index is 0.111. The number of carbonyl (C=O) groups excluding carboxylic acids is 3. The first kappa shape index (κ1) is 73.3. The standard InChI is InChI=1S/C71H122O6/c1-4-7-10-13-16-19-22-25-28-30-32-34-35-37-38-40-43-46-49-52-55-58-61-64-70(73)76-67-68(66-75-69(72)63-60-57-54-51-48-45-42-27-24-21-18-15-12-9-6-3)77-71(74)65-62-59-56-53-50-47-44-41-39-36-33-31-29-26-23-20-17-14-11-8-5-2/h9,12,18,21,23,26-27,31,33,39,41-42,48,51,57,60,68H,4-8,10-11,13-17,19-20,22,24-25,28-30,32,34-38,40,43-47,49-50,52-56,58-59,61-67H2,1-3H3/b12-9-,21-18-,26-23-,33-31-,41-39-,42-27-,51-48-,60-57-. The summed E-state index contributed by atoms with van der Waals surface area (Å²) < 4.78 is 16.8. The molecule has 0 aliphatic heterocycles. The van der Waals surface area contributed by atoms with Crippen molar-refractivity contribution in [2.75, 3.05) is 13.2 Å². The number of unbranched alkanes of at least 4 members (excludes halogenated alkanes) is 33. The Bertz CT molecular complexity index is 1510. The Morgan fingerprint density at radius 2 is 0.558 bits per heavy atom. The molecule has 0 heterocycles. The second-order valence-corrected chi connectivity index (χ2v) is 21.7. The second kappa shape index (κ2) is 64.9. The molecule has 0 rings (SSSR count). The van der Waals surface area contributed by atoms with Gasteiger partial charge in [-0.05, 0) is 83.5 Å². The van der Waals surface area contributed by atoms with Gasteiger partial charge in [0, 0.05) is 12.8 Å². The number of hydrogen-bond donors (Lipinski definition) is 0. The third kappa shape index (κ3) is 63.0. The van der Waals surface area contributed by atoms with Gasteiger partial charge in [0.25, 0.3) is 0 Å². The van der Waals surface area contributed by atoms with E-state index in [1.807, 2.05) is 6.08 Å². The van der Waals surface area contributed by atoms with Crippen molar-refractivity contribution >= 4 is 17.9 Å². The molecule has 0 aliphatic carbocycles. The molecule has 0 aromatic rings. The molecule has 6 nitrogen and oxygen atoms in total. The Balaban J connectivity index is 4.42. The lowest BCUT2D eigenvalue weighted by Crippen LogP contribution is -2.30. The minimum Gasteiger partial charge on any atom is -0.462 e. The van der Waals surface area contributed by atoms with E-state index in [1.165, 1.54) is 180 Å². The van der Waals surface area contributed by atoms with Crippen LogP contribution in [0, 0.1) is 0 Å². The van der Waals surface area contributed by atoms with Crippen LogP contribution in [0.1, 0.15) is 316 Å². The molecule has 0 amide bonds. The van der Waals surface area contributed by atoms with E-state index in [2.05, 4.69) is 106 Å². The molecule has 0 aliphatic rings. The average molecular weight is 1070 g/mol. The number of allylic oxidation sites excluding steroid dienone is 15. The fourth-order valence-electron chi connectivity index (χ4n) is 9.23. The van der Waals surface area contributed by atoms with Crippen LogP contribution in [0.25, 0.3) is 0 Å². The summed E-state index contributed by atoms with van der Waals surface area (Å²) in [5, 5.41) is 0. The van der Waals surface area contributed by atoms with Gasteiger partial charge in [-0.2, -0.15) is 0 Å². The summed E-state index contributed by atoms with van der Waals surface area (Å²) in [5.74, 6) is -1.05. The normalized spacial score (nSPS) is 12.7. The van der Waals surface area contributed by atoms with Gasteiger partial charge >= 0.3 is 17.9 Å². The summed E-state index contributed by atoms with van der Waals surface area (Å²) in [4.78, 5) is 38.3. The smallest absolute Gasteiger partial charge is 0.309 e. The summed E-state index contributed by atoms with van der Waals surface area (Å²) in [6.45, 7) is 6.45. The van der Waals surface area contributed by atoms with E-state index < -0.39 is 12.1 Å². The van der Waals surface area contributed by atoms with Crippen molar-refractivity contribution in [3.8, 4) is 0 Å². The highest BCUT2D eigenvalue weighted by Gasteiger charge is 2.19. The zero-order chi connectivity index (χ0) is 55.7. The number of carbonyl (C=O) groups is 3. The fraction of sp³-hybridized carbons (Fsp3) is 0.732. The molecule has 0 saturated heterocycles. The fourth-order valence-corrected chi connectivity index (χ4v) is 9.23. The highest BCUT2D eigenvalue weighted by atomic mass is 16.6. The number of esters is 3. The Hall–Kier alpha value is -3.67. The van der Waals surface area contributed by atoms with Crippen molar-refractivity contribution in [2.24, 2.45) is 0 Å². The molecular formula is C71H122O6. The van der Waals surface area contributed by atoms with E-state index in [4.69, 9.17) is 14.2 Å². The predicted molar refractivity (Wildman–Crippen MR) is 334 cm³/mol. The molecule has 442 valence electrons. The van der Waals surface area contributed by atoms with E-state index in [-0.39, 0.29) is 31.6 Å².